The molecule has 0 atom stereocenters. The van der Waals surface area contributed by atoms with Gasteiger partial charge in [-0.3, -0.25) is 0 Å². The molecule has 0 heterocycles. The van der Waals surface area contributed by atoms with Crippen LogP contribution in [0.25, 0.3) is 0 Å². The van der Waals surface area contributed by atoms with Crippen LogP contribution >= 0.6 is 63.7 Å². The van der Waals surface area contributed by atoms with Gasteiger partial charge >= 0.3 is 11.9 Å². The van der Waals surface area contributed by atoms with E-state index in [1.807, 2.05) is 0 Å². The number of benzene rings is 1. The van der Waals surface area contributed by atoms with Crippen molar-refractivity contribution in [2.24, 2.45) is 10.8 Å². The van der Waals surface area contributed by atoms with Gasteiger partial charge in [0.2, 0.25) is 0 Å². The molecule has 8 heteroatoms. The standard InChI is InChI=1S/C26H38Br4O4/c1-25(2,3)13-9-7-11-15-33-23(31)17-18(20(28)22(30)21(29)19(17)27)24(32)34-16-12-8-10-14-26(4,5)6/h7-16H2,1-6H3. The lowest BCUT2D eigenvalue weighted by atomic mass is 9.89. The zero-order valence-corrected chi connectivity index (χ0v) is 27.6. The molecule has 34 heavy (non-hydrogen) atoms. The Morgan fingerprint density at radius 1 is 0.559 bits per heavy atom. The molecule has 194 valence electrons. The maximum absolute atomic E-state index is 13.0. The number of carbonyl (C=O) groups excluding carboxylic acids is 2. The van der Waals surface area contributed by atoms with E-state index in [9.17, 15) is 9.59 Å². The molecule has 0 aliphatic heterocycles. The van der Waals surface area contributed by atoms with Gasteiger partial charge in [-0.2, -0.15) is 0 Å². The Balaban J connectivity index is 2.81. The Morgan fingerprint density at radius 3 is 1.18 bits per heavy atom. The van der Waals surface area contributed by atoms with Gasteiger partial charge in [-0.25, -0.2) is 9.59 Å². The van der Waals surface area contributed by atoms with E-state index in [-0.39, 0.29) is 11.1 Å². The summed E-state index contributed by atoms with van der Waals surface area (Å²) in [5.74, 6) is -1.09. The van der Waals surface area contributed by atoms with Crippen LogP contribution in [0.5, 0.6) is 0 Å². The third kappa shape index (κ3) is 11.4. The molecule has 4 nitrogen and oxygen atoms in total. The highest BCUT2D eigenvalue weighted by molar-refractivity contribution is 9.15. The van der Waals surface area contributed by atoms with Gasteiger partial charge < -0.3 is 9.47 Å². The van der Waals surface area contributed by atoms with Crippen LogP contribution < -0.4 is 0 Å². The number of hydrogen-bond acceptors (Lipinski definition) is 4. The maximum Gasteiger partial charge on any atom is 0.340 e. The minimum absolute atomic E-state index is 0.161. The summed E-state index contributed by atoms with van der Waals surface area (Å²) < 4.78 is 13.2. The molecule has 0 amide bonds. The van der Waals surface area contributed by atoms with E-state index in [4.69, 9.17) is 9.47 Å². The molecule has 0 aliphatic rings. The monoisotopic (exact) mass is 730 g/mol. The molecule has 0 radical (unpaired) electrons. The van der Waals surface area contributed by atoms with E-state index < -0.39 is 11.9 Å². The van der Waals surface area contributed by atoms with Crippen molar-refractivity contribution in [3.63, 3.8) is 0 Å². The summed E-state index contributed by atoms with van der Waals surface area (Å²) >= 11 is 13.8. The van der Waals surface area contributed by atoms with Gasteiger partial charge in [-0.05, 0) is 100 Å². The Hall–Kier alpha value is 0.0800. The zero-order chi connectivity index (χ0) is 26.1. The molecule has 0 unspecified atom stereocenters. The average Bonchev–Trinajstić information content (AvgIpc) is 2.72. The lowest BCUT2D eigenvalue weighted by Gasteiger charge is -2.18. The van der Waals surface area contributed by atoms with Gasteiger partial charge in [-0.15, -0.1) is 0 Å². The van der Waals surface area contributed by atoms with E-state index in [0.717, 1.165) is 51.4 Å². The SMILES string of the molecule is CC(C)(C)CCCCCOC(=O)c1c(Br)c(Br)c(Br)c(Br)c1C(=O)OCCCCCC(C)(C)C. The van der Waals surface area contributed by atoms with Crippen LogP contribution in [-0.4, -0.2) is 25.2 Å². The smallest absolute Gasteiger partial charge is 0.340 e. The van der Waals surface area contributed by atoms with Crippen LogP contribution in [-0.2, 0) is 9.47 Å². The van der Waals surface area contributed by atoms with E-state index >= 15 is 0 Å². The minimum Gasteiger partial charge on any atom is -0.462 e. The Kier molecular flexibility index (Phi) is 13.9. The quantitative estimate of drug-likeness (QED) is 0.0929. The molecule has 1 rings (SSSR count). The van der Waals surface area contributed by atoms with Crippen LogP contribution in [0, 0.1) is 10.8 Å². The molecule has 0 fully saturated rings. The Bertz CT molecular complexity index is 770. The Labute approximate surface area is 239 Å². The van der Waals surface area contributed by atoms with Crippen molar-refractivity contribution in [3.05, 3.63) is 29.0 Å². The maximum atomic E-state index is 13.0. The van der Waals surface area contributed by atoms with E-state index in [2.05, 4.69) is 105 Å². The minimum atomic E-state index is -0.547. The van der Waals surface area contributed by atoms with Gasteiger partial charge in [0.15, 0.2) is 0 Å². The molecule has 0 aliphatic carbocycles. The normalized spacial score (nSPS) is 12.1. The van der Waals surface area contributed by atoms with Gasteiger partial charge in [-0.1, -0.05) is 67.2 Å². The van der Waals surface area contributed by atoms with Crippen LogP contribution in [0.15, 0.2) is 17.9 Å². The van der Waals surface area contributed by atoms with Crippen molar-refractivity contribution in [1.29, 1.82) is 0 Å². The van der Waals surface area contributed by atoms with Crippen LogP contribution in [0.4, 0.5) is 0 Å². The fourth-order valence-corrected chi connectivity index (χ4v) is 5.80. The third-order valence-electron chi connectivity index (χ3n) is 5.28. The summed E-state index contributed by atoms with van der Waals surface area (Å²) in [6, 6.07) is 0. The highest BCUT2D eigenvalue weighted by Gasteiger charge is 2.30. The lowest BCUT2D eigenvalue weighted by Crippen LogP contribution is -2.17. The molecular formula is C26H38Br4O4. The molecule has 1 aromatic rings. The van der Waals surface area contributed by atoms with Crippen molar-refractivity contribution < 1.29 is 19.1 Å². The molecular weight excluding hydrogens is 696 g/mol. The summed E-state index contributed by atoms with van der Waals surface area (Å²) in [7, 11) is 0. The zero-order valence-electron chi connectivity index (χ0n) is 21.2. The van der Waals surface area contributed by atoms with Gasteiger partial charge in [0, 0.05) is 17.9 Å². The summed E-state index contributed by atoms with van der Waals surface area (Å²) in [6.07, 6.45) is 7.99. The van der Waals surface area contributed by atoms with Crippen molar-refractivity contribution in [2.75, 3.05) is 13.2 Å². The van der Waals surface area contributed by atoms with Crippen LogP contribution in [0.1, 0.15) is 114 Å². The number of ether oxygens (including phenoxy) is 2. The first-order chi connectivity index (χ1) is 15.7. The molecule has 0 saturated heterocycles. The molecule has 1 aromatic carbocycles. The highest BCUT2D eigenvalue weighted by Crippen LogP contribution is 2.42. The topological polar surface area (TPSA) is 52.6 Å². The van der Waals surface area contributed by atoms with E-state index in [1.165, 1.54) is 0 Å². The average molecular weight is 734 g/mol. The van der Waals surface area contributed by atoms with Crippen LogP contribution in [0.2, 0.25) is 0 Å². The molecule has 0 saturated carbocycles. The van der Waals surface area contributed by atoms with Crippen molar-refractivity contribution in [2.45, 2.75) is 92.9 Å². The number of hydrogen-bond donors (Lipinski definition) is 0. The predicted octanol–water partition coefficient (Wildman–Crippen LogP) is 10.3. The predicted molar refractivity (Wildman–Crippen MR) is 154 cm³/mol. The molecule has 0 spiro atoms. The summed E-state index contributed by atoms with van der Waals surface area (Å²) in [5.41, 5.74) is 0.933. The summed E-state index contributed by atoms with van der Waals surface area (Å²) in [5, 5.41) is 0. The number of halogens is 4. The van der Waals surface area contributed by atoms with Gasteiger partial charge in [0.25, 0.3) is 0 Å². The second kappa shape index (κ2) is 14.7. The molecule has 0 bridgehead atoms. The Morgan fingerprint density at radius 2 is 0.882 bits per heavy atom. The fraction of sp³-hybridized carbons (Fsp3) is 0.692. The van der Waals surface area contributed by atoms with Crippen LogP contribution in [0.3, 0.4) is 0 Å². The van der Waals surface area contributed by atoms with Crippen molar-refractivity contribution in [1.82, 2.24) is 0 Å². The first-order valence-corrected chi connectivity index (χ1v) is 15.0. The molecule has 0 aromatic heterocycles. The largest absolute Gasteiger partial charge is 0.462 e. The molecule has 0 N–H and O–H groups in total. The van der Waals surface area contributed by atoms with Gasteiger partial charge in [0.05, 0.1) is 24.3 Å². The number of rotatable bonds is 12. The number of carbonyl (C=O) groups is 2. The second-order valence-electron chi connectivity index (χ2n) is 11.0. The number of esters is 2. The van der Waals surface area contributed by atoms with Gasteiger partial charge in [0.1, 0.15) is 0 Å². The highest BCUT2D eigenvalue weighted by atomic mass is 79.9. The van der Waals surface area contributed by atoms with E-state index in [1.54, 1.807) is 0 Å². The summed E-state index contributed by atoms with van der Waals surface area (Å²) in [4.78, 5) is 26.0. The third-order valence-corrected chi connectivity index (χ3v) is 10.1. The first-order valence-electron chi connectivity index (χ1n) is 11.9. The van der Waals surface area contributed by atoms with Crippen molar-refractivity contribution >= 4 is 75.7 Å². The van der Waals surface area contributed by atoms with Crippen molar-refractivity contribution in [3.8, 4) is 0 Å². The first kappa shape index (κ1) is 32.1. The summed E-state index contributed by atoms with van der Waals surface area (Å²) in [6.45, 7) is 14.0. The fourth-order valence-electron chi connectivity index (χ4n) is 3.36. The second-order valence-corrected chi connectivity index (χ2v) is 14.2. The lowest BCUT2D eigenvalue weighted by molar-refractivity contribution is 0.0447. The number of unbranched alkanes of at least 4 members (excludes halogenated alkanes) is 4. The van der Waals surface area contributed by atoms with E-state index in [0.29, 0.717) is 41.9 Å².